The Labute approximate surface area is 63.9 Å². The van der Waals surface area contributed by atoms with Crippen molar-refractivity contribution in [3.05, 3.63) is 0 Å². The minimum Gasteiger partial charge on any atom is -0.297 e. The molecule has 8 heavy (non-hydrogen) atoms. The van der Waals surface area contributed by atoms with Gasteiger partial charge < -0.3 is 0 Å². The molecule has 46 valence electrons. The Hall–Kier alpha value is 1.07. The van der Waals surface area contributed by atoms with Crippen LogP contribution in [0.4, 0.5) is 0 Å². The van der Waals surface area contributed by atoms with Crippen LogP contribution < -0.4 is 0 Å². The Kier molecular flexibility index (Phi) is 2.95. The second kappa shape index (κ2) is 3.29. The summed E-state index contributed by atoms with van der Waals surface area (Å²) < 4.78 is 8.78. The molecule has 2 atom stereocenters. The standard InChI is InChI=1S/BrClH2N3P3/c1-5-7-3-6-4-8(5)2/h4,6H. The molecule has 1 heterocycles. The van der Waals surface area contributed by atoms with Crippen molar-refractivity contribution in [3.8, 4) is 0 Å². The fraction of sp³-hybridized carbons (Fsp3) is 0. The topological polar surface area (TPSA) is 33.6 Å². The zero-order chi connectivity index (χ0) is 5.98. The molecule has 1 aromatic rings. The lowest BCUT2D eigenvalue weighted by Crippen LogP contribution is -1.65. The lowest BCUT2D eigenvalue weighted by atomic mass is 13.8. The number of aromatic amines is 1. The maximum atomic E-state index is 5.74. The van der Waals surface area contributed by atoms with Crippen LogP contribution in [0.5, 0.6) is 0 Å². The summed E-state index contributed by atoms with van der Waals surface area (Å²) in [4.78, 5) is 0. The smallest absolute Gasteiger partial charge is 0.153 e. The molecule has 2 unspecified atom stereocenters. The van der Waals surface area contributed by atoms with E-state index in [2.05, 4.69) is 25.2 Å². The Morgan fingerprint density at radius 1 is 2.00 bits per heavy atom. The van der Waals surface area contributed by atoms with E-state index in [1.54, 1.807) is 3.12 Å². The van der Waals surface area contributed by atoms with Gasteiger partial charge in [-0.1, -0.05) is 0 Å². The number of hydrogen-bond donors (Lipinski definition) is 1. The van der Waals surface area contributed by atoms with Gasteiger partial charge in [-0.05, 0) is 11.2 Å². The number of nitrogens with zero attached hydrogens (tertiary/aromatic N) is 2. The van der Waals surface area contributed by atoms with E-state index in [0.29, 0.717) is 8.51 Å². The average Bonchev–Trinajstić information content (AvgIpc) is 1.77. The quantitative estimate of drug-likeness (QED) is 0.756. The summed E-state index contributed by atoms with van der Waals surface area (Å²) in [5.74, 6) is 0. The highest BCUT2D eigenvalue weighted by Crippen LogP contribution is 2.33. The van der Waals surface area contributed by atoms with Gasteiger partial charge in [-0.2, -0.15) is 4.51 Å². The third-order valence-electron chi connectivity index (χ3n) is 0.456. The van der Waals surface area contributed by atoms with Crippen LogP contribution in [0.25, 0.3) is 0 Å². The van der Waals surface area contributed by atoms with Crippen LogP contribution in [-0.2, 0) is 0 Å². The van der Waals surface area contributed by atoms with E-state index in [1.807, 2.05) is 0 Å². The lowest BCUT2D eigenvalue weighted by Gasteiger charge is -1.93. The molecule has 0 aliphatic rings. The van der Waals surface area contributed by atoms with E-state index in [4.69, 9.17) is 11.2 Å². The van der Waals surface area contributed by atoms with Crippen molar-refractivity contribution in [2.75, 3.05) is 0 Å². The van der Waals surface area contributed by atoms with Crippen molar-refractivity contribution in [2.45, 2.75) is 0 Å². The van der Waals surface area contributed by atoms with Crippen LogP contribution in [0.15, 0.2) is 0 Å². The van der Waals surface area contributed by atoms with Gasteiger partial charge in [0.15, 0.2) is 8.51 Å². The third-order valence-corrected chi connectivity index (χ3v) is 7.02. The van der Waals surface area contributed by atoms with E-state index in [9.17, 15) is 0 Å². The van der Waals surface area contributed by atoms with Crippen molar-refractivity contribution in [1.82, 2.24) is 12.1 Å². The average molecular weight is 252 g/mol. The fourth-order valence-electron chi connectivity index (χ4n) is 0.199. The number of rotatable bonds is 0. The fourth-order valence-corrected chi connectivity index (χ4v) is 4.92. The van der Waals surface area contributed by atoms with Crippen molar-refractivity contribution < 1.29 is 0 Å². The third kappa shape index (κ3) is 1.79. The molecular weight excluding hydrogens is 250 g/mol. The second-order valence-electron chi connectivity index (χ2n) is 0.914. The Morgan fingerprint density at radius 2 is 2.75 bits per heavy atom. The first-order valence-corrected chi connectivity index (χ1v) is 6.29. The molecule has 8 heteroatoms. The first-order valence-electron chi connectivity index (χ1n) is 1.64. The summed E-state index contributed by atoms with van der Waals surface area (Å²) in [6.45, 7) is 0. The molecule has 0 spiro atoms. The van der Waals surface area contributed by atoms with Crippen LogP contribution in [0.1, 0.15) is 0 Å². The maximum Gasteiger partial charge on any atom is 0.153 e. The second-order valence-corrected chi connectivity index (χ2v) is 7.41. The van der Waals surface area contributed by atoms with Gasteiger partial charge in [0.05, 0.1) is 16.1 Å². The summed E-state index contributed by atoms with van der Waals surface area (Å²) in [6, 6.07) is 0. The molecule has 0 aliphatic carbocycles. The van der Waals surface area contributed by atoms with Gasteiger partial charge in [0.1, 0.15) is 7.20 Å². The maximum absolute atomic E-state index is 5.74. The van der Waals surface area contributed by atoms with Gasteiger partial charge in [-0.3, -0.25) is 4.51 Å². The number of aromatic nitrogens is 3. The summed E-state index contributed by atoms with van der Waals surface area (Å²) >= 11 is 8.96. The molecule has 1 aromatic heterocycles. The molecule has 1 rings (SSSR count). The van der Waals surface area contributed by atoms with Crippen LogP contribution >= 0.6 is 51.6 Å². The predicted molar refractivity (Wildman–Crippen MR) is 44.5 cm³/mol. The van der Waals surface area contributed by atoms with Crippen molar-refractivity contribution in [2.24, 2.45) is 0 Å². The van der Waals surface area contributed by atoms with Crippen LogP contribution in [0.3, 0.4) is 0 Å². The van der Waals surface area contributed by atoms with Gasteiger partial charge in [0, 0.05) is 8.51 Å². The highest BCUT2D eigenvalue weighted by Gasteiger charge is 1.86. The molecular formula is H2BrClN3P3. The molecule has 0 amide bonds. The van der Waals surface area contributed by atoms with E-state index < -0.39 is 7.20 Å². The number of H-pyrrole nitrogens is 1. The molecule has 0 bridgehead atoms. The van der Waals surface area contributed by atoms with Crippen molar-refractivity contribution in [3.63, 3.8) is 0 Å². The Morgan fingerprint density at radius 3 is 3.12 bits per heavy atom. The number of nitrogens with one attached hydrogen (secondary N) is 1. The zero-order valence-electron chi connectivity index (χ0n) is 3.54. The SMILES string of the molecule is Clp1[nH][pH]npn1Br. The highest BCUT2D eigenvalue weighted by molar-refractivity contribution is 9.09. The number of halogens is 2. The normalized spacial score (nSPS) is 13.5. The Balaban J connectivity index is 3.13. The van der Waals surface area contributed by atoms with E-state index in [-0.39, 0.29) is 0 Å². The van der Waals surface area contributed by atoms with Crippen LogP contribution in [0, 0.1) is 0 Å². The number of hydrogen-bond acceptors (Lipinski definition) is 1. The zero-order valence-corrected chi connectivity index (χ0v) is 8.68. The molecule has 0 aromatic carbocycles. The van der Waals surface area contributed by atoms with E-state index >= 15 is 0 Å². The van der Waals surface area contributed by atoms with Gasteiger partial charge >= 0.3 is 0 Å². The van der Waals surface area contributed by atoms with Gasteiger partial charge in [0.25, 0.3) is 0 Å². The van der Waals surface area contributed by atoms with Crippen molar-refractivity contribution in [1.29, 1.82) is 0 Å². The van der Waals surface area contributed by atoms with Gasteiger partial charge in [-0.15, -0.1) is 0 Å². The van der Waals surface area contributed by atoms with Gasteiger partial charge in [0.2, 0.25) is 0 Å². The first-order chi connectivity index (χ1) is 3.80. The summed E-state index contributed by atoms with van der Waals surface area (Å²) in [5.41, 5.74) is 0. The minimum atomic E-state index is -0.674. The lowest BCUT2D eigenvalue weighted by molar-refractivity contribution is 1.63. The highest BCUT2D eigenvalue weighted by atomic mass is 79.9. The molecule has 1 N–H and O–H groups in total. The largest absolute Gasteiger partial charge is 0.297 e. The first kappa shape index (κ1) is 7.18. The van der Waals surface area contributed by atoms with Gasteiger partial charge in [-0.25, -0.2) is 3.12 Å². The molecule has 3 nitrogen and oxygen atoms in total. The van der Waals surface area contributed by atoms with Crippen LogP contribution in [-0.4, -0.2) is 12.1 Å². The van der Waals surface area contributed by atoms with Crippen molar-refractivity contribution >= 4 is 51.6 Å². The monoisotopic (exact) mass is 251 g/mol. The van der Waals surface area contributed by atoms with E-state index in [0.717, 1.165) is 8.51 Å². The molecule has 0 saturated carbocycles. The Bertz CT molecular complexity index is 171. The molecule has 0 fully saturated rings. The van der Waals surface area contributed by atoms with E-state index in [1.165, 1.54) is 0 Å². The summed E-state index contributed by atoms with van der Waals surface area (Å²) in [7, 11) is 0.694. The molecule has 0 radical (unpaired) electrons. The minimum absolute atomic E-state index is 0.456. The summed E-state index contributed by atoms with van der Waals surface area (Å²) in [5, 5.41) is 0. The molecule has 0 saturated heterocycles. The predicted octanol–water partition coefficient (Wildman–Crippen LogP) is 3.09. The van der Waals surface area contributed by atoms with Crippen LogP contribution in [0.2, 0.25) is 0 Å². The summed E-state index contributed by atoms with van der Waals surface area (Å²) in [6.07, 6.45) is 0. The molecule has 0 aliphatic heterocycles.